The number of amides is 1. The zero-order chi connectivity index (χ0) is 21.1. The third-order valence-electron chi connectivity index (χ3n) is 4.71. The molecule has 0 saturated carbocycles. The predicted octanol–water partition coefficient (Wildman–Crippen LogP) is 5.10. The first kappa shape index (κ1) is 21.3. The van der Waals surface area contributed by atoms with E-state index < -0.39 is 11.1 Å². The lowest BCUT2D eigenvalue weighted by Crippen LogP contribution is -2.23. The molecule has 4 rings (SSSR count). The smallest absolute Gasteiger partial charge is 0.237 e. The summed E-state index contributed by atoms with van der Waals surface area (Å²) in [6, 6.07) is 8.07. The third kappa shape index (κ3) is 4.85. The van der Waals surface area contributed by atoms with Crippen molar-refractivity contribution in [1.29, 1.82) is 0 Å². The average molecular weight is 467 g/mol. The van der Waals surface area contributed by atoms with Crippen LogP contribution in [0.4, 0.5) is 10.1 Å². The molecule has 1 N–H and O–H groups in total. The molecule has 2 atom stereocenters. The number of thioether (sulfide) groups is 1. The Hall–Kier alpha value is -1.94. The largest absolute Gasteiger partial charge is 0.376 e. The SMILES string of the molecule is CC(Sc1nnc(-c2cccs2)n1CC1CCCO1)C(=O)Nc1ccc(F)c(Cl)c1. The Morgan fingerprint density at radius 2 is 2.33 bits per heavy atom. The number of rotatable bonds is 7. The van der Waals surface area contributed by atoms with Gasteiger partial charge in [-0.1, -0.05) is 29.4 Å². The number of nitrogens with one attached hydrogen (secondary N) is 1. The number of hydrogen-bond donors (Lipinski definition) is 1. The van der Waals surface area contributed by atoms with Gasteiger partial charge in [0, 0.05) is 12.3 Å². The zero-order valence-electron chi connectivity index (χ0n) is 16.2. The second kappa shape index (κ2) is 9.47. The number of anilines is 1. The van der Waals surface area contributed by atoms with Crippen molar-refractivity contribution in [2.45, 2.75) is 42.8 Å². The summed E-state index contributed by atoms with van der Waals surface area (Å²) in [4.78, 5) is 13.7. The number of carbonyl (C=O) groups is 1. The summed E-state index contributed by atoms with van der Waals surface area (Å²) in [6.07, 6.45) is 2.15. The molecule has 0 radical (unpaired) electrons. The molecule has 3 aromatic rings. The number of carbonyl (C=O) groups excluding carboxylic acids is 1. The van der Waals surface area contributed by atoms with E-state index in [1.54, 1.807) is 18.3 Å². The molecule has 158 valence electrons. The molecule has 1 saturated heterocycles. The Morgan fingerprint density at radius 3 is 3.03 bits per heavy atom. The van der Waals surface area contributed by atoms with Crippen LogP contribution in [0, 0.1) is 5.82 Å². The van der Waals surface area contributed by atoms with E-state index in [4.69, 9.17) is 16.3 Å². The quantitative estimate of drug-likeness (QED) is 0.491. The van der Waals surface area contributed by atoms with E-state index in [-0.39, 0.29) is 17.0 Å². The minimum absolute atomic E-state index is 0.0370. The van der Waals surface area contributed by atoms with Gasteiger partial charge in [0.2, 0.25) is 5.91 Å². The van der Waals surface area contributed by atoms with Crippen LogP contribution in [0.1, 0.15) is 19.8 Å². The second-order valence-electron chi connectivity index (χ2n) is 6.91. The molecular formula is C20H20ClFN4O2S2. The van der Waals surface area contributed by atoms with Gasteiger partial charge in [-0.05, 0) is 49.4 Å². The van der Waals surface area contributed by atoms with Crippen molar-refractivity contribution in [3.8, 4) is 10.7 Å². The van der Waals surface area contributed by atoms with E-state index in [1.807, 2.05) is 22.1 Å². The van der Waals surface area contributed by atoms with Gasteiger partial charge in [-0.3, -0.25) is 9.36 Å². The number of nitrogens with zero attached hydrogens (tertiary/aromatic N) is 3. The molecule has 30 heavy (non-hydrogen) atoms. The van der Waals surface area contributed by atoms with Crippen molar-refractivity contribution < 1.29 is 13.9 Å². The van der Waals surface area contributed by atoms with Crippen molar-refractivity contribution in [2.75, 3.05) is 11.9 Å². The van der Waals surface area contributed by atoms with Gasteiger partial charge in [0.25, 0.3) is 0 Å². The monoisotopic (exact) mass is 466 g/mol. The number of thiophene rings is 1. The molecule has 0 spiro atoms. The fourth-order valence-corrected chi connectivity index (χ4v) is 4.91. The van der Waals surface area contributed by atoms with Crippen LogP contribution in [-0.2, 0) is 16.1 Å². The van der Waals surface area contributed by atoms with Crippen molar-refractivity contribution in [1.82, 2.24) is 14.8 Å². The lowest BCUT2D eigenvalue weighted by molar-refractivity contribution is -0.115. The summed E-state index contributed by atoms with van der Waals surface area (Å²) in [6.45, 7) is 3.20. The van der Waals surface area contributed by atoms with Crippen molar-refractivity contribution in [3.63, 3.8) is 0 Å². The maximum absolute atomic E-state index is 13.3. The van der Waals surface area contributed by atoms with Gasteiger partial charge >= 0.3 is 0 Å². The normalized spacial score (nSPS) is 17.2. The zero-order valence-corrected chi connectivity index (χ0v) is 18.6. The molecule has 1 amide bonds. The maximum Gasteiger partial charge on any atom is 0.237 e. The number of aromatic nitrogens is 3. The summed E-state index contributed by atoms with van der Waals surface area (Å²) >= 11 is 8.72. The van der Waals surface area contributed by atoms with Crippen LogP contribution in [0.5, 0.6) is 0 Å². The number of hydrogen-bond acceptors (Lipinski definition) is 6. The molecule has 2 unspecified atom stereocenters. The number of ether oxygens (including phenoxy) is 1. The molecule has 1 fully saturated rings. The van der Waals surface area contributed by atoms with Crippen LogP contribution in [-0.4, -0.2) is 38.6 Å². The lowest BCUT2D eigenvalue weighted by atomic mass is 10.2. The van der Waals surface area contributed by atoms with Crippen LogP contribution in [0.3, 0.4) is 0 Å². The minimum atomic E-state index is -0.527. The molecule has 1 aromatic carbocycles. The van der Waals surface area contributed by atoms with Gasteiger partial charge in [-0.2, -0.15) is 0 Å². The topological polar surface area (TPSA) is 69.0 Å². The number of benzene rings is 1. The van der Waals surface area contributed by atoms with Crippen molar-refractivity contribution in [2.24, 2.45) is 0 Å². The standard InChI is InChI=1S/C20H20ClFN4O2S2/c1-12(19(27)23-13-6-7-16(22)15(21)10-13)30-20-25-24-18(17-5-3-9-29-17)26(20)11-14-4-2-8-28-14/h3,5-7,9-10,12,14H,2,4,8,11H2,1H3,(H,23,27). The van der Waals surface area contributed by atoms with Gasteiger partial charge < -0.3 is 10.1 Å². The summed E-state index contributed by atoms with van der Waals surface area (Å²) in [5, 5.41) is 13.7. The molecule has 1 aliphatic heterocycles. The Kier molecular flexibility index (Phi) is 6.72. The van der Waals surface area contributed by atoms with E-state index >= 15 is 0 Å². The second-order valence-corrected chi connectivity index (χ2v) is 9.57. The van der Waals surface area contributed by atoms with E-state index in [1.165, 1.54) is 30.0 Å². The van der Waals surface area contributed by atoms with Crippen LogP contribution in [0.2, 0.25) is 5.02 Å². The summed E-state index contributed by atoms with van der Waals surface area (Å²) < 4.78 is 21.2. The molecule has 0 aliphatic carbocycles. The Labute approximate surface area is 186 Å². The van der Waals surface area contributed by atoms with Gasteiger partial charge in [-0.15, -0.1) is 21.5 Å². The molecule has 6 nitrogen and oxygen atoms in total. The van der Waals surface area contributed by atoms with E-state index in [9.17, 15) is 9.18 Å². The first-order chi connectivity index (χ1) is 14.5. The van der Waals surface area contributed by atoms with E-state index in [0.29, 0.717) is 17.4 Å². The van der Waals surface area contributed by atoms with Crippen LogP contribution >= 0.6 is 34.7 Å². The predicted molar refractivity (Wildman–Crippen MR) is 118 cm³/mol. The van der Waals surface area contributed by atoms with Gasteiger partial charge in [0.1, 0.15) is 5.82 Å². The van der Waals surface area contributed by atoms with E-state index in [0.717, 1.165) is 30.2 Å². The molecule has 10 heteroatoms. The van der Waals surface area contributed by atoms with Gasteiger partial charge in [0.05, 0.1) is 27.8 Å². The Bertz CT molecular complexity index is 1020. The van der Waals surface area contributed by atoms with Crippen LogP contribution in [0.25, 0.3) is 10.7 Å². The molecule has 0 bridgehead atoms. The van der Waals surface area contributed by atoms with Crippen LogP contribution in [0.15, 0.2) is 40.9 Å². The molecular weight excluding hydrogens is 447 g/mol. The highest BCUT2D eigenvalue weighted by molar-refractivity contribution is 8.00. The van der Waals surface area contributed by atoms with Crippen LogP contribution < -0.4 is 5.32 Å². The van der Waals surface area contributed by atoms with Gasteiger partial charge in [0.15, 0.2) is 11.0 Å². The third-order valence-corrected chi connectivity index (χ3v) is 6.94. The highest BCUT2D eigenvalue weighted by atomic mass is 35.5. The molecule has 2 aromatic heterocycles. The summed E-state index contributed by atoms with van der Waals surface area (Å²) in [7, 11) is 0. The van der Waals surface area contributed by atoms with Crippen molar-refractivity contribution >= 4 is 46.3 Å². The van der Waals surface area contributed by atoms with Crippen molar-refractivity contribution in [3.05, 3.63) is 46.6 Å². The first-order valence-corrected chi connectivity index (χ1v) is 11.7. The van der Waals surface area contributed by atoms with E-state index in [2.05, 4.69) is 15.5 Å². The first-order valence-electron chi connectivity index (χ1n) is 9.52. The summed E-state index contributed by atoms with van der Waals surface area (Å²) in [5.41, 5.74) is 0.443. The summed E-state index contributed by atoms with van der Waals surface area (Å²) in [5.74, 6) is 0.0216. The lowest BCUT2D eigenvalue weighted by Gasteiger charge is -2.16. The fourth-order valence-electron chi connectivity index (χ4n) is 3.15. The highest BCUT2D eigenvalue weighted by Gasteiger charge is 2.25. The van der Waals surface area contributed by atoms with Gasteiger partial charge in [-0.25, -0.2) is 4.39 Å². The molecule has 3 heterocycles. The maximum atomic E-state index is 13.3. The Morgan fingerprint density at radius 1 is 1.47 bits per heavy atom. The minimum Gasteiger partial charge on any atom is -0.376 e. The number of halogens is 2. The molecule has 1 aliphatic rings. The highest BCUT2D eigenvalue weighted by Crippen LogP contribution is 2.31. The average Bonchev–Trinajstić information content (AvgIpc) is 3.48. The fraction of sp³-hybridized carbons (Fsp3) is 0.350. The Balaban J connectivity index is 1.51.